The van der Waals surface area contributed by atoms with Gasteiger partial charge in [-0.1, -0.05) is 6.92 Å². The van der Waals surface area contributed by atoms with Gasteiger partial charge in [-0.25, -0.2) is 24.0 Å². The van der Waals surface area contributed by atoms with Crippen molar-refractivity contribution in [2.75, 3.05) is 18.0 Å². The number of anilines is 1. The molecule has 0 aliphatic carbocycles. The highest BCUT2D eigenvalue weighted by Crippen LogP contribution is 2.36. The molecule has 0 spiro atoms. The first-order chi connectivity index (χ1) is 17.3. The summed E-state index contributed by atoms with van der Waals surface area (Å²) in [6.07, 6.45) is -0.709. The van der Waals surface area contributed by atoms with E-state index in [1.807, 2.05) is 10.3 Å². The minimum absolute atomic E-state index is 0.0968. The second-order valence-electron chi connectivity index (χ2n) is 8.42. The summed E-state index contributed by atoms with van der Waals surface area (Å²) in [5.41, 5.74) is 0.303. The molecule has 0 unspecified atom stereocenters. The number of hydrogen-bond acceptors (Lipinski definition) is 9. The molecule has 0 saturated carbocycles. The molecule has 1 aliphatic rings. The summed E-state index contributed by atoms with van der Waals surface area (Å²) < 4.78 is 59.7. The van der Waals surface area contributed by atoms with Gasteiger partial charge >= 0.3 is 6.18 Å². The van der Waals surface area contributed by atoms with Gasteiger partial charge in [0.1, 0.15) is 12.9 Å². The predicted octanol–water partition coefficient (Wildman–Crippen LogP) is 4.28. The van der Waals surface area contributed by atoms with Crippen LogP contribution >= 0.6 is 11.3 Å². The summed E-state index contributed by atoms with van der Waals surface area (Å²) in [5.74, 6) is 0.210. The minimum Gasteiger partial charge on any atom is -0.484 e. The summed E-state index contributed by atoms with van der Waals surface area (Å²) in [6.45, 7) is 3.38. The van der Waals surface area contributed by atoms with Crippen molar-refractivity contribution < 1.29 is 22.3 Å². The number of piperidine rings is 1. The van der Waals surface area contributed by atoms with Gasteiger partial charge in [0.05, 0.1) is 22.0 Å². The van der Waals surface area contributed by atoms with E-state index in [1.165, 1.54) is 34.5 Å². The van der Waals surface area contributed by atoms with Crippen molar-refractivity contribution in [2.24, 2.45) is 5.92 Å². The third kappa shape index (κ3) is 5.12. The summed E-state index contributed by atoms with van der Waals surface area (Å²) in [4.78, 5) is 14.4. The zero-order valence-electron chi connectivity index (χ0n) is 18.9. The maximum Gasteiger partial charge on any atom is 0.419 e. The van der Waals surface area contributed by atoms with Gasteiger partial charge in [0.15, 0.2) is 11.6 Å². The maximum atomic E-state index is 14.5. The fourth-order valence-electron chi connectivity index (χ4n) is 4.06. The molecule has 2 atom stereocenters. The number of rotatable bonds is 6. The normalized spacial score (nSPS) is 18.4. The Morgan fingerprint density at radius 2 is 2.00 bits per heavy atom. The first-order valence-corrected chi connectivity index (χ1v) is 11.9. The van der Waals surface area contributed by atoms with Gasteiger partial charge in [0.25, 0.3) is 0 Å². The molecule has 36 heavy (non-hydrogen) atoms. The molecule has 0 bridgehead atoms. The van der Waals surface area contributed by atoms with Crippen molar-refractivity contribution in [1.29, 1.82) is 0 Å². The first kappa shape index (κ1) is 24.0. The molecule has 4 heterocycles. The van der Waals surface area contributed by atoms with Crippen molar-refractivity contribution in [1.82, 2.24) is 35.2 Å². The number of halogens is 4. The van der Waals surface area contributed by atoms with E-state index in [9.17, 15) is 17.6 Å². The quantitative estimate of drug-likeness (QED) is 0.348. The Labute approximate surface area is 206 Å². The van der Waals surface area contributed by atoms with Crippen LogP contribution in [0.3, 0.4) is 0 Å². The summed E-state index contributed by atoms with van der Waals surface area (Å²) >= 11 is 1.52. The highest BCUT2D eigenvalue weighted by molar-refractivity contribution is 7.09. The van der Waals surface area contributed by atoms with E-state index in [4.69, 9.17) is 4.74 Å². The van der Waals surface area contributed by atoms with Crippen LogP contribution in [0.1, 0.15) is 35.5 Å². The molecule has 188 valence electrons. The molecule has 9 nitrogen and oxygen atoms in total. The molecule has 3 aromatic heterocycles. The maximum absolute atomic E-state index is 14.5. The van der Waals surface area contributed by atoms with E-state index < -0.39 is 17.6 Å². The Morgan fingerprint density at radius 1 is 1.19 bits per heavy atom. The third-order valence-electron chi connectivity index (χ3n) is 5.94. The Bertz CT molecular complexity index is 1310. The zero-order valence-corrected chi connectivity index (χ0v) is 19.7. The molecule has 1 aromatic carbocycles. The van der Waals surface area contributed by atoms with Crippen LogP contribution in [-0.2, 0) is 12.8 Å². The largest absolute Gasteiger partial charge is 0.484 e. The van der Waals surface area contributed by atoms with Gasteiger partial charge < -0.3 is 9.64 Å². The second kappa shape index (κ2) is 9.76. The number of aromatic nitrogens is 7. The average molecular weight is 521 g/mol. The highest BCUT2D eigenvalue weighted by atomic mass is 32.1. The van der Waals surface area contributed by atoms with Gasteiger partial charge in [-0.2, -0.15) is 13.2 Å². The lowest BCUT2D eigenvalue weighted by Crippen LogP contribution is -2.39. The summed E-state index contributed by atoms with van der Waals surface area (Å²) in [7, 11) is 0. The molecule has 0 radical (unpaired) electrons. The van der Waals surface area contributed by atoms with Crippen molar-refractivity contribution >= 4 is 17.3 Å². The van der Waals surface area contributed by atoms with Crippen LogP contribution in [-0.4, -0.2) is 48.2 Å². The van der Waals surface area contributed by atoms with Crippen molar-refractivity contribution in [2.45, 2.75) is 32.0 Å². The number of hydrogen-bond donors (Lipinski definition) is 0. The number of benzene rings is 1. The van der Waals surface area contributed by atoms with Crippen LogP contribution in [0.4, 0.5) is 23.5 Å². The molecular weight excluding hydrogens is 500 g/mol. The fraction of sp³-hybridized carbons (Fsp3) is 0.364. The van der Waals surface area contributed by atoms with E-state index in [0.29, 0.717) is 24.5 Å². The van der Waals surface area contributed by atoms with E-state index in [-0.39, 0.29) is 30.1 Å². The van der Waals surface area contributed by atoms with Crippen LogP contribution in [0.15, 0.2) is 42.3 Å². The fourth-order valence-corrected chi connectivity index (χ4v) is 5.14. The first-order valence-electron chi connectivity index (χ1n) is 11.0. The number of ether oxygens (including phenoxy) is 1. The second-order valence-corrected chi connectivity index (χ2v) is 9.31. The molecule has 5 rings (SSSR count). The summed E-state index contributed by atoms with van der Waals surface area (Å²) in [6, 6.07) is 4.45. The van der Waals surface area contributed by atoms with Crippen LogP contribution in [0.2, 0.25) is 0 Å². The monoisotopic (exact) mass is 520 g/mol. The standard InChI is InChI=1S/C22H20F4N8OS/c1-13-9-33(21-27-7-14(8-28-21)22(24,25)26)5-4-17(13)20-30-15(11-36-20)10-35-19-3-2-16(6-18(19)23)34-12-29-31-32-34/h2-3,6-8,11-13,17H,4-5,9-10H2,1H3/t13-,17+/m0/s1. The van der Waals surface area contributed by atoms with E-state index in [0.717, 1.165) is 23.8 Å². The molecule has 0 amide bonds. The SMILES string of the molecule is C[C@H]1CN(c2ncc(C(F)(F)F)cn2)CC[C@H]1c1nc(COc2ccc(-n3cnnn3)cc2F)cs1. The lowest BCUT2D eigenvalue weighted by molar-refractivity contribution is -0.138. The molecular formula is C22H20F4N8OS. The number of alkyl halides is 3. The van der Waals surface area contributed by atoms with E-state index in [1.54, 1.807) is 6.07 Å². The average Bonchev–Trinajstić information content (AvgIpc) is 3.55. The third-order valence-corrected chi connectivity index (χ3v) is 6.97. The van der Waals surface area contributed by atoms with Crippen LogP contribution in [0.5, 0.6) is 5.75 Å². The Hall–Kier alpha value is -3.68. The van der Waals surface area contributed by atoms with Crippen molar-refractivity contribution in [3.05, 3.63) is 64.4 Å². The molecule has 1 fully saturated rings. The molecule has 1 aliphatic heterocycles. The van der Waals surface area contributed by atoms with Gasteiger partial charge in [-0.15, -0.1) is 16.4 Å². The zero-order chi connectivity index (χ0) is 25.3. The number of tetrazole rings is 1. The minimum atomic E-state index is -4.46. The van der Waals surface area contributed by atoms with Crippen molar-refractivity contribution in [3.8, 4) is 11.4 Å². The van der Waals surface area contributed by atoms with Crippen LogP contribution < -0.4 is 9.64 Å². The summed E-state index contributed by atoms with van der Waals surface area (Å²) in [5, 5.41) is 13.6. The smallest absolute Gasteiger partial charge is 0.419 e. The predicted molar refractivity (Wildman–Crippen MR) is 121 cm³/mol. The lowest BCUT2D eigenvalue weighted by atomic mass is 9.87. The molecule has 0 N–H and O–H groups in total. The lowest BCUT2D eigenvalue weighted by Gasteiger charge is -2.36. The van der Waals surface area contributed by atoms with Gasteiger partial charge in [-0.05, 0) is 34.9 Å². The van der Waals surface area contributed by atoms with Crippen molar-refractivity contribution in [3.63, 3.8) is 0 Å². The number of nitrogens with zero attached hydrogens (tertiary/aromatic N) is 8. The number of thiazole rings is 1. The van der Waals surface area contributed by atoms with Gasteiger partial charge in [0.2, 0.25) is 5.95 Å². The Kier molecular flexibility index (Phi) is 6.51. The van der Waals surface area contributed by atoms with E-state index >= 15 is 0 Å². The van der Waals surface area contributed by atoms with E-state index in [2.05, 4.69) is 37.4 Å². The highest BCUT2D eigenvalue weighted by Gasteiger charge is 2.33. The Morgan fingerprint density at radius 3 is 2.67 bits per heavy atom. The topological polar surface area (TPSA) is 94.7 Å². The van der Waals surface area contributed by atoms with Gasteiger partial charge in [0, 0.05) is 42.8 Å². The Balaban J connectivity index is 1.18. The van der Waals surface area contributed by atoms with Crippen LogP contribution in [0, 0.1) is 11.7 Å². The molecule has 4 aromatic rings. The molecule has 1 saturated heterocycles. The van der Waals surface area contributed by atoms with Gasteiger partial charge in [-0.3, -0.25) is 0 Å². The molecule has 14 heteroatoms. The van der Waals surface area contributed by atoms with Crippen LogP contribution in [0.25, 0.3) is 5.69 Å².